The van der Waals surface area contributed by atoms with Gasteiger partial charge in [0.15, 0.2) is 5.11 Å². The molecule has 0 unspecified atom stereocenters. The average Bonchev–Trinajstić information content (AvgIpc) is 2.66. The van der Waals surface area contributed by atoms with Crippen LogP contribution < -0.4 is 10.6 Å². The Morgan fingerprint density at radius 2 is 1.74 bits per heavy atom. The third kappa shape index (κ3) is 5.91. The second kappa shape index (κ2) is 9.51. The number of halogens is 2. The summed E-state index contributed by atoms with van der Waals surface area (Å²) in [5, 5.41) is 6.61. The largest absolute Gasteiger partial charge is 0.332 e. The van der Waals surface area contributed by atoms with Gasteiger partial charge in [0.25, 0.3) is 5.91 Å². The predicted molar refractivity (Wildman–Crippen MR) is 116 cm³/mol. The van der Waals surface area contributed by atoms with Crippen molar-refractivity contribution in [1.82, 2.24) is 10.2 Å². The highest BCUT2D eigenvalue weighted by molar-refractivity contribution is 7.80. The fourth-order valence-corrected chi connectivity index (χ4v) is 3.66. The van der Waals surface area contributed by atoms with Crippen molar-refractivity contribution >= 4 is 52.1 Å². The number of nitrogens with zero attached hydrogens (tertiary/aromatic N) is 1. The molecule has 4 nitrogen and oxygen atoms in total. The van der Waals surface area contributed by atoms with E-state index in [0.717, 1.165) is 12.2 Å². The number of amides is 1. The molecule has 1 heterocycles. The molecule has 0 spiro atoms. The van der Waals surface area contributed by atoms with Gasteiger partial charge in [-0.15, -0.1) is 0 Å². The lowest BCUT2D eigenvalue weighted by Gasteiger charge is -2.26. The van der Waals surface area contributed by atoms with Crippen molar-refractivity contribution in [3.8, 4) is 0 Å². The van der Waals surface area contributed by atoms with Gasteiger partial charge in [-0.05, 0) is 74.0 Å². The van der Waals surface area contributed by atoms with Crippen molar-refractivity contribution < 1.29 is 4.79 Å². The number of piperidine rings is 1. The minimum atomic E-state index is -0.401. The molecule has 1 aliphatic rings. The number of hydrogen-bond donors (Lipinski definition) is 2. The van der Waals surface area contributed by atoms with Crippen LogP contribution in [0.1, 0.15) is 35.2 Å². The molecule has 27 heavy (non-hydrogen) atoms. The van der Waals surface area contributed by atoms with Crippen molar-refractivity contribution in [2.24, 2.45) is 0 Å². The number of nitrogens with one attached hydrogen (secondary N) is 2. The van der Waals surface area contributed by atoms with Gasteiger partial charge < -0.3 is 5.32 Å². The van der Waals surface area contributed by atoms with Crippen LogP contribution in [0.3, 0.4) is 0 Å². The first kappa shape index (κ1) is 20.1. The molecule has 0 atom stereocenters. The first-order valence-corrected chi connectivity index (χ1v) is 10.1. The zero-order valence-corrected chi connectivity index (χ0v) is 17.1. The van der Waals surface area contributed by atoms with Gasteiger partial charge in [-0.3, -0.25) is 15.0 Å². The van der Waals surface area contributed by atoms with Gasteiger partial charge >= 0.3 is 0 Å². The molecule has 0 radical (unpaired) electrons. The third-order valence-electron chi connectivity index (χ3n) is 4.47. The van der Waals surface area contributed by atoms with Crippen LogP contribution in [0.4, 0.5) is 5.69 Å². The van der Waals surface area contributed by atoms with Gasteiger partial charge in [-0.1, -0.05) is 41.8 Å². The van der Waals surface area contributed by atoms with Crippen LogP contribution in [0, 0.1) is 0 Å². The highest BCUT2D eigenvalue weighted by atomic mass is 35.5. The number of anilines is 1. The van der Waals surface area contributed by atoms with Gasteiger partial charge in [0.1, 0.15) is 0 Å². The standard InChI is InChI=1S/C20H21Cl2N3OS/c21-15-6-9-18(22)17(12-15)19(26)24-20(27)23-16-7-4-14(5-8-16)13-25-10-2-1-3-11-25/h4-9,12H,1-3,10-11,13H2,(H2,23,24,26,27). The lowest BCUT2D eigenvalue weighted by Crippen LogP contribution is -2.34. The van der Waals surface area contributed by atoms with Crippen LogP contribution in [-0.4, -0.2) is 29.0 Å². The summed E-state index contributed by atoms with van der Waals surface area (Å²) in [4.78, 5) is 14.8. The van der Waals surface area contributed by atoms with E-state index in [1.165, 1.54) is 44.0 Å². The summed E-state index contributed by atoms with van der Waals surface area (Å²) in [6, 6.07) is 12.8. The lowest BCUT2D eigenvalue weighted by atomic mass is 10.1. The van der Waals surface area contributed by atoms with E-state index in [2.05, 4.69) is 27.7 Å². The van der Waals surface area contributed by atoms with E-state index >= 15 is 0 Å². The number of benzene rings is 2. The van der Waals surface area contributed by atoms with Crippen molar-refractivity contribution in [1.29, 1.82) is 0 Å². The molecule has 2 N–H and O–H groups in total. The lowest BCUT2D eigenvalue weighted by molar-refractivity contribution is 0.0978. The summed E-state index contributed by atoms with van der Waals surface area (Å²) < 4.78 is 0. The summed E-state index contributed by atoms with van der Waals surface area (Å²) in [7, 11) is 0. The number of rotatable bonds is 4. The van der Waals surface area contributed by atoms with Crippen LogP contribution in [0.25, 0.3) is 0 Å². The Labute approximate surface area is 174 Å². The SMILES string of the molecule is O=C(NC(=S)Nc1ccc(CN2CCCCC2)cc1)c1cc(Cl)ccc1Cl. The zero-order chi connectivity index (χ0) is 19.2. The molecular weight excluding hydrogens is 401 g/mol. The molecule has 0 aliphatic carbocycles. The maximum atomic E-state index is 12.3. The monoisotopic (exact) mass is 421 g/mol. The number of hydrogen-bond acceptors (Lipinski definition) is 3. The van der Waals surface area contributed by atoms with E-state index in [9.17, 15) is 4.79 Å². The minimum Gasteiger partial charge on any atom is -0.332 e. The van der Waals surface area contributed by atoms with E-state index in [1.807, 2.05) is 12.1 Å². The smallest absolute Gasteiger partial charge is 0.258 e. The van der Waals surface area contributed by atoms with E-state index in [0.29, 0.717) is 10.0 Å². The molecule has 0 bridgehead atoms. The molecule has 0 aromatic heterocycles. The van der Waals surface area contributed by atoms with E-state index < -0.39 is 5.91 Å². The molecule has 1 saturated heterocycles. The van der Waals surface area contributed by atoms with E-state index in [4.69, 9.17) is 35.4 Å². The molecular formula is C20H21Cl2N3OS. The summed E-state index contributed by atoms with van der Waals surface area (Å²) in [6.45, 7) is 3.30. The second-order valence-electron chi connectivity index (χ2n) is 6.57. The third-order valence-corrected chi connectivity index (χ3v) is 5.24. The zero-order valence-electron chi connectivity index (χ0n) is 14.8. The Hall–Kier alpha value is -1.66. The molecule has 1 aliphatic heterocycles. The van der Waals surface area contributed by atoms with Crippen molar-refractivity contribution in [3.63, 3.8) is 0 Å². The summed E-state index contributed by atoms with van der Waals surface area (Å²) in [5.41, 5.74) is 2.37. The van der Waals surface area contributed by atoms with Gasteiger partial charge in [-0.25, -0.2) is 0 Å². The molecule has 142 valence electrons. The molecule has 0 saturated carbocycles. The van der Waals surface area contributed by atoms with Crippen LogP contribution in [0.5, 0.6) is 0 Å². The summed E-state index contributed by atoms with van der Waals surface area (Å²) >= 11 is 17.2. The van der Waals surface area contributed by atoms with Crippen LogP contribution >= 0.6 is 35.4 Å². The molecule has 2 aromatic rings. The van der Waals surface area contributed by atoms with Crippen LogP contribution in [0.15, 0.2) is 42.5 Å². The van der Waals surface area contributed by atoms with Gasteiger partial charge in [0.05, 0.1) is 10.6 Å². The molecule has 2 aromatic carbocycles. The van der Waals surface area contributed by atoms with Crippen molar-refractivity contribution in [2.75, 3.05) is 18.4 Å². The van der Waals surface area contributed by atoms with Crippen LogP contribution in [-0.2, 0) is 6.54 Å². The number of carbonyl (C=O) groups excluding carboxylic acids is 1. The fraction of sp³-hybridized carbons (Fsp3) is 0.300. The van der Waals surface area contributed by atoms with Gasteiger partial charge in [0, 0.05) is 17.3 Å². The number of thiocarbonyl (C=S) groups is 1. The maximum absolute atomic E-state index is 12.3. The molecule has 7 heteroatoms. The van der Waals surface area contributed by atoms with Crippen molar-refractivity contribution in [2.45, 2.75) is 25.8 Å². The Kier molecular flexibility index (Phi) is 7.07. The first-order valence-electron chi connectivity index (χ1n) is 8.90. The Morgan fingerprint density at radius 1 is 1.04 bits per heavy atom. The van der Waals surface area contributed by atoms with E-state index in [-0.39, 0.29) is 10.7 Å². The summed E-state index contributed by atoms with van der Waals surface area (Å²) in [5.74, 6) is -0.401. The molecule has 1 amide bonds. The van der Waals surface area contributed by atoms with Crippen LogP contribution in [0.2, 0.25) is 10.0 Å². The molecule has 3 rings (SSSR count). The van der Waals surface area contributed by atoms with Crippen molar-refractivity contribution in [3.05, 3.63) is 63.6 Å². The Bertz CT molecular complexity index is 820. The highest BCUT2D eigenvalue weighted by Crippen LogP contribution is 2.20. The predicted octanol–water partition coefficient (Wildman–Crippen LogP) is 5.11. The average molecular weight is 422 g/mol. The first-order chi connectivity index (χ1) is 13.0. The molecule has 1 fully saturated rings. The highest BCUT2D eigenvalue weighted by Gasteiger charge is 2.13. The van der Waals surface area contributed by atoms with Gasteiger partial charge in [0.2, 0.25) is 0 Å². The quantitative estimate of drug-likeness (QED) is 0.673. The summed E-state index contributed by atoms with van der Waals surface area (Å²) in [6.07, 6.45) is 3.90. The van der Waals surface area contributed by atoms with Gasteiger partial charge in [-0.2, -0.15) is 0 Å². The second-order valence-corrected chi connectivity index (χ2v) is 7.82. The number of carbonyl (C=O) groups is 1. The maximum Gasteiger partial charge on any atom is 0.258 e. The Morgan fingerprint density at radius 3 is 2.44 bits per heavy atom. The van der Waals surface area contributed by atoms with E-state index in [1.54, 1.807) is 12.1 Å². The normalized spacial score (nSPS) is 14.6. The number of likely N-dealkylation sites (tertiary alicyclic amines) is 1. The fourth-order valence-electron chi connectivity index (χ4n) is 3.07. The minimum absolute atomic E-state index is 0.208. The Balaban J connectivity index is 1.54. The topological polar surface area (TPSA) is 44.4 Å².